The topological polar surface area (TPSA) is 91.6 Å². The fourth-order valence-electron chi connectivity index (χ4n) is 1.21. The first kappa shape index (κ1) is 12.6. The molecular weight excluding hydrogens is 226 g/mol. The lowest BCUT2D eigenvalue weighted by molar-refractivity contribution is -0.137. The van der Waals surface area contributed by atoms with Crippen molar-refractivity contribution in [2.75, 3.05) is 7.11 Å². The van der Waals surface area contributed by atoms with Gasteiger partial charge in [0.15, 0.2) is 17.2 Å². The van der Waals surface area contributed by atoms with Crippen LogP contribution in [0, 0.1) is 0 Å². The number of carbonyl (C=O) groups is 2. The van der Waals surface area contributed by atoms with Gasteiger partial charge in [0.1, 0.15) is 0 Å². The summed E-state index contributed by atoms with van der Waals surface area (Å²) in [7, 11) is 1.19. The Balaban J connectivity index is 3.31. The van der Waals surface area contributed by atoms with Crippen LogP contribution in [0.15, 0.2) is 33.8 Å². The highest BCUT2D eigenvalue weighted by atomic mass is 16.5. The maximum atomic E-state index is 11.5. The van der Waals surface area contributed by atoms with Crippen LogP contribution in [0.25, 0.3) is 0 Å². The molecular formula is C10H11N3O4. The molecule has 0 aromatic heterocycles. The van der Waals surface area contributed by atoms with Gasteiger partial charge in [0, 0.05) is 12.8 Å². The van der Waals surface area contributed by atoms with Gasteiger partial charge in [-0.1, -0.05) is 0 Å². The summed E-state index contributed by atoms with van der Waals surface area (Å²) < 4.78 is 4.53. The molecule has 1 rings (SSSR count). The molecule has 0 fully saturated rings. The Labute approximate surface area is 97.4 Å². The molecule has 0 amide bonds. The zero-order chi connectivity index (χ0) is 13.0. The second kappa shape index (κ2) is 5.06. The third kappa shape index (κ3) is 2.39. The van der Waals surface area contributed by atoms with E-state index in [1.807, 2.05) is 0 Å². The highest BCUT2D eigenvalue weighted by molar-refractivity contribution is 6.41. The zero-order valence-corrected chi connectivity index (χ0v) is 9.38. The molecule has 1 N–H and O–H groups in total. The highest BCUT2D eigenvalue weighted by Crippen LogP contribution is 2.21. The number of hydrogen-bond acceptors (Lipinski definition) is 6. The largest absolute Gasteiger partial charge is 0.477 e. The molecule has 7 nitrogen and oxygen atoms in total. The first-order chi connectivity index (χ1) is 8.04. The number of hydrogen-bond donors (Lipinski definition) is 1. The van der Waals surface area contributed by atoms with Crippen LogP contribution in [0.2, 0.25) is 0 Å². The Kier molecular flexibility index (Phi) is 3.76. The summed E-state index contributed by atoms with van der Waals surface area (Å²) >= 11 is 0. The minimum atomic E-state index is -1.24. The van der Waals surface area contributed by atoms with E-state index in [-0.39, 0.29) is 17.2 Å². The summed E-state index contributed by atoms with van der Waals surface area (Å²) in [6.07, 6.45) is 2.59. The first-order valence-corrected chi connectivity index (χ1v) is 4.60. The standard InChI is InChI=1S/C10H11N3O4/c1-4-8-12-6(9(14)15)5-7(10(16)17-3)13(8)11-2/h4-5H,2H2,1,3H3,(H,14,15)/b8-4-. The Bertz CT molecular complexity index is 462. The van der Waals surface area contributed by atoms with Gasteiger partial charge in [-0.15, -0.1) is 0 Å². The maximum absolute atomic E-state index is 11.5. The number of carbonyl (C=O) groups excluding carboxylic acids is 1. The molecule has 0 radical (unpaired) electrons. The fourth-order valence-corrected chi connectivity index (χ4v) is 1.21. The smallest absolute Gasteiger partial charge is 0.356 e. The summed E-state index contributed by atoms with van der Waals surface area (Å²) in [6, 6.07) is 0. The number of ether oxygens (including phenoxy) is 1. The average molecular weight is 237 g/mol. The summed E-state index contributed by atoms with van der Waals surface area (Å²) in [6.45, 7) is 4.92. The molecule has 0 aliphatic carbocycles. The molecule has 1 aliphatic rings. The third-order valence-electron chi connectivity index (χ3n) is 1.97. The predicted octanol–water partition coefficient (Wildman–Crippen LogP) is 0.361. The molecule has 1 aliphatic heterocycles. The average Bonchev–Trinajstić information content (AvgIpc) is 2.35. The molecule has 0 bridgehead atoms. The summed E-state index contributed by atoms with van der Waals surface area (Å²) in [5.74, 6) is -1.76. The molecule has 0 saturated carbocycles. The Morgan fingerprint density at radius 1 is 1.65 bits per heavy atom. The molecule has 17 heavy (non-hydrogen) atoms. The van der Waals surface area contributed by atoms with Gasteiger partial charge < -0.3 is 9.84 Å². The van der Waals surface area contributed by atoms with Crippen LogP contribution in [0.5, 0.6) is 0 Å². The number of nitrogens with zero attached hydrogens (tertiary/aromatic N) is 3. The predicted molar refractivity (Wildman–Crippen MR) is 60.3 cm³/mol. The molecule has 0 unspecified atom stereocenters. The van der Waals surface area contributed by atoms with Gasteiger partial charge in [0.05, 0.1) is 7.11 Å². The van der Waals surface area contributed by atoms with E-state index in [2.05, 4.69) is 21.5 Å². The number of allylic oxidation sites excluding steroid dienone is 1. The lowest BCUT2D eigenvalue weighted by Gasteiger charge is -2.23. The monoisotopic (exact) mass is 237 g/mol. The van der Waals surface area contributed by atoms with Gasteiger partial charge in [-0.2, -0.15) is 5.10 Å². The minimum Gasteiger partial charge on any atom is -0.477 e. The van der Waals surface area contributed by atoms with Gasteiger partial charge >= 0.3 is 11.9 Å². The van der Waals surface area contributed by atoms with E-state index in [1.54, 1.807) is 6.92 Å². The molecule has 0 aromatic carbocycles. The minimum absolute atomic E-state index is 0.0528. The Morgan fingerprint density at radius 2 is 2.29 bits per heavy atom. The summed E-state index contributed by atoms with van der Waals surface area (Å²) in [4.78, 5) is 26.1. The molecule has 7 heteroatoms. The maximum Gasteiger partial charge on any atom is 0.356 e. The van der Waals surface area contributed by atoms with Gasteiger partial charge in [-0.3, -0.25) is 0 Å². The van der Waals surface area contributed by atoms with E-state index in [9.17, 15) is 9.59 Å². The van der Waals surface area contributed by atoms with Gasteiger partial charge in [-0.05, 0) is 13.0 Å². The van der Waals surface area contributed by atoms with Gasteiger partial charge in [-0.25, -0.2) is 19.6 Å². The van der Waals surface area contributed by atoms with E-state index in [0.29, 0.717) is 0 Å². The molecule has 0 aromatic rings. The van der Waals surface area contributed by atoms with Crippen LogP contribution in [-0.4, -0.2) is 41.6 Å². The van der Waals surface area contributed by atoms with E-state index in [0.717, 1.165) is 11.1 Å². The van der Waals surface area contributed by atoms with Crippen molar-refractivity contribution in [2.24, 2.45) is 10.1 Å². The number of methoxy groups -OCH3 is 1. The number of aliphatic imine (C=N–C) groups is 1. The van der Waals surface area contributed by atoms with Crippen molar-refractivity contribution in [3.05, 3.63) is 23.7 Å². The summed E-state index contributed by atoms with van der Waals surface area (Å²) in [5, 5.41) is 13.6. The molecule has 0 spiro atoms. The van der Waals surface area contributed by atoms with Crippen LogP contribution in [0.1, 0.15) is 6.92 Å². The lowest BCUT2D eigenvalue weighted by atomic mass is 10.2. The molecule has 90 valence electrons. The van der Waals surface area contributed by atoms with Crippen LogP contribution < -0.4 is 0 Å². The number of carboxylic acid groups (broad SMARTS) is 1. The number of hydrazone groups is 1. The van der Waals surface area contributed by atoms with Crippen molar-refractivity contribution >= 4 is 24.4 Å². The molecule has 0 atom stereocenters. The lowest BCUT2D eigenvalue weighted by Crippen LogP contribution is -2.29. The van der Waals surface area contributed by atoms with Crippen LogP contribution in [0.4, 0.5) is 0 Å². The van der Waals surface area contributed by atoms with Crippen LogP contribution in [0.3, 0.4) is 0 Å². The number of rotatable bonds is 3. The second-order valence-electron chi connectivity index (χ2n) is 2.92. The van der Waals surface area contributed by atoms with E-state index in [1.165, 1.54) is 13.2 Å². The SMILES string of the molecule is C=NN1C(C(=O)OC)=CC(C(=O)O)=N/C1=C/C. The van der Waals surface area contributed by atoms with Crippen molar-refractivity contribution in [3.63, 3.8) is 0 Å². The highest BCUT2D eigenvalue weighted by Gasteiger charge is 2.27. The van der Waals surface area contributed by atoms with E-state index >= 15 is 0 Å². The van der Waals surface area contributed by atoms with Crippen LogP contribution >= 0.6 is 0 Å². The Morgan fingerprint density at radius 3 is 2.71 bits per heavy atom. The quantitative estimate of drug-likeness (QED) is 0.565. The fraction of sp³-hybridized carbons (Fsp3) is 0.200. The van der Waals surface area contributed by atoms with E-state index in [4.69, 9.17) is 5.11 Å². The van der Waals surface area contributed by atoms with Crippen molar-refractivity contribution < 1.29 is 19.4 Å². The van der Waals surface area contributed by atoms with Gasteiger partial charge in [0.2, 0.25) is 0 Å². The number of aliphatic carboxylic acids is 1. The van der Waals surface area contributed by atoms with E-state index < -0.39 is 11.9 Å². The van der Waals surface area contributed by atoms with Crippen molar-refractivity contribution in [1.29, 1.82) is 0 Å². The first-order valence-electron chi connectivity index (χ1n) is 4.60. The van der Waals surface area contributed by atoms with Gasteiger partial charge in [0.25, 0.3) is 0 Å². The normalized spacial score (nSPS) is 17.3. The summed E-state index contributed by atoms with van der Waals surface area (Å²) in [5.41, 5.74) is -0.318. The second-order valence-corrected chi connectivity index (χ2v) is 2.92. The van der Waals surface area contributed by atoms with Crippen molar-refractivity contribution in [2.45, 2.75) is 6.92 Å². The van der Waals surface area contributed by atoms with Crippen LogP contribution in [-0.2, 0) is 14.3 Å². The van der Waals surface area contributed by atoms with Crippen molar-refractivity contribution in [1.82, 2.24) is 5.01 Å². The zero-order valence-electron chi connectivity index (χ0n) is 9.38. The third-order valence-corrected chi connectivity index (χ3v) is 1.97. The number of carboxylic acids is 1. The Hall–Kier alpha value is -2.44. The number of esters is 1. The molecule has 0 saturated heterocycles. The molecule has 1 heterocycles. The van der Waals surface area contributed by atoms with Crippen molar-refractivity contribution in [3.8, 4) is 0 Å².